The van der Waals surface area contributed by atoms with Crippen LogP contribution in [0.3, 0.4) is 0 Å². The highest BCUT2D eigenvalue weighted by molar-refractivity contribution is 7.99. The first-order valence-corrected chi connectivity index (χ1v) is 6.93. The van der Waals surface area contributed by atoms with E-state index in [0.717, 1.165) is 23.6 Å². The molecule has 2 rings (SSSR count). The van der Waals surface area contributed by atoms with E-state index in [1.807, 2.05) is 23.6 Å². The van der Waals surface area contributed by atoms with Crippen LogP contribution < -0.4 is 0 Å². The predicted octanol–water partition coefficient (Wildman–Crippen LogP) is 2.28. The normalized spacial score (nSPS) is 20.4. The monoisotopic (exact) mass is 251 g/mol. The van der Waals surface area contributed by atoms with Crippen molar-refractivity contribution in [2.45, 2.75) is 19.9 Å². The summed E-state index contributed by atoms with van der Waals surface area (Å²) in [6, 6.07) is 5.33. The third kappa shape index (κ3) is 2.57. The number of amides is 1. The minimum Gasteiger partial charge on any atom is -0.508 e. The lowest BCUT2D eigenvalue weighted by Crippen LogP contribution is -2.44. The molecule has 1 aliphatic heterocycles. The van der Waals surface area contributed by atoms with Gasteiger partial charge in [0.15, 0.2) is 0 Å². The molecule has 1 amide bonds. The maximum absolute atomic E-state index is 12.3. The van der Waals surface area contributed by atoms with Crippen molar-refractivity contribution in [3.05, 3.63) is 29.3 Å². The van der Waals surface area contributed by atoms with E-state index >= 15 is 0 Å². The van der Waals surface area contributed by atoms with E-state index in [-0.39, 0.29) is 17.7 Å². The molecule has 0 radical (unpaired) electrons. The molecule has 1 aliphatic rings. The number of aromatic hydroxyl groups is 1. The number of thioether (sulfide) groups is 1. The zero-order valence-corrected chi connectivity index (χ0v) is 11.0. The molecular formula is C13H17NO2S. The topological polar surface area (TPSA) is 40.5 Å². The number of phenolic OH excluding ortho intramolecular Hbond substituents is 1. The minimum absolute atomic E-state index is 0.0703. The summed E-state index contributed by atoms with van der Waals surface area (Å²) in [5.74, 6) is 2.32. The lowest BCUT2D eigenvalue weighted by Gasteiger charge is -2.33. The number of carbonyl (C=O) groups is 1. The number of hydrogen-bond donors (Lipinski definition) is 1. The highest BCUT2D eigenvalue weighted by Gasteiger charge is 2.24. The average molecular weight is 251 g/mol. The molecule has 0 aliphatic carbocycles. The number of rotatable bonds is 1. The Balaban J connectivity index is 2.21. The van der Waals surface area contributed by atoms with Crippen molar-refractivity contribution in [1.29, 1.82) is 0 Å². The van der Waals surface area contributed by atoms with E-state index in [1.54, 1.807) is 18.2 Å². The fourth-order valence-corrected chi connectivity index (χ4v) is 3.00. The van der Waals surface area contributed by atoms with Crippen LogP contribution in [-0.2, 0) is 0 Å². The van der Waals surface area contributed by atoms with Gasteiger partial charge >= 0.3 is 0 Å². The second-order valence-electron chi connectivity index (χ2n) is 4.42. The van der Waals surface area contributed by atoms with Crippen LogP contribution in [0.5, 0.6) is 5.75 Å². The molecule has 0 aromatic heterocycles. The van der Waals surface area contributed by atoms with Crippen LogP contribution in [0, 0.1) is 6.92 Å². The molecule has 1 aromatic rings. The quantitative estimate of drug-likeness (QED) is 0.832. The van der Waals surface area contributed by atoms with Crippen molar-refractivity contribution in [1.82, 2.24) is 4.90 Å². The summed E-state index contributed by atoms with van der Waals surface area (Å²) in [5.41, 5.74) is 1.41. The number of carbonyl (C=O) groups excluding carboxylic acids is 1. The van der Waals surface area contributed by atoms with Gasteiger partial charge in [-0.1, -0.05) is 0 Å². The summed E-state index contributed by atoms with van der Waals surface area (Å²) in [7, 11) is 0. The van der Waals surface area contributed by atoms with Crippen molar-refractivity contribution >= 4 is 17.7 Å². The third-order valence-electron chi connectivity index (χ3n) is 3.07. The molecule has 17 heavy (non-hydrogen) atoms. The Hall–Kier alpha value is -1.16. The van der Waals surface area contributed by atoms with E-state index in [4.69, 9.17) is 0 Å². The predicted molar refractivity (Wildman–Crippen MR) is 70.7 cm³/mol. The first kappa shape index (κ1) is 12.3. The van der Waals surface area contributed by atoms with Gasteiger partial charge in [-0.05, 0) is 37.6 Å². The molecule has 0 saturated carbocycles. The van der Waals surface area contributed by atoms with Crippen LogP contribution in [-0.4, -0.2) is 40.0 Å². The summed E-state index contributed by atoms with van der Waals surface area (Å²) in [5, 5.41) is 9.46. The van der Waals surface area contributed by atoms with Crippen molar-refractivity contribution in [3.8, 4) is 5.75 Å². The Bertz CT molecular complexity index is 433. The summed E-state index contributed by atoms with van der Waals surface area (Å²) in [6.07, 6.45) is 0. The molecule has 1 atom stereocenters. The fourth-order valence-electron chi connectivity index (χ4n) is 1.98. The molecular weight excluding hydrogens is 234 g/mol. The smallest absolute Gasteiger partial charge is 0.254 e. The van der Waals surface area contributed by atoms with Crippen LogP contribution in [0.4, 0.5) is 0 Å². The second kappa shape index (κ2) is 5.00. The zero-order valence-electron chi connectivity index (χ0n) is 10.1. The standard InChI is InChI=1S/C13H17NO2S/c1-9-7-11(3-4-12(9)15)13(16)14-5-6-17-8-10(14)2/h3-4,7,10,15H,5-6,8H2,1-2H3. The lowest BCUT2D eigenvalue weighted by molar-refractivity contribution is 0.0716. The highest BCUT2D eigenvalue weighted by atomic mass is 32.2. The van der Waals surface area contributed by atoms with Crippen molar-refractivity contribution < 1.29 is 9.90 Å². The molecule has 1 fully saturated rings. The van der Waals surface area contributed by atoms with Crippen LogP contribution >= 0.6 is 11.8 Å². The van der Waals surface area contributed by atoms with Crippen LogP contribution in [0.1, 0.15) is 22.8 Å². The molecule has 1 saturated heterocycles. The van der Waals surface area contributed by atoms with Gasteiger partial charge < -0.3 is 10.0 Å². The number of nitrogens with zero attached hydrogens (tertiary/aromatic N) is 1. The molecule has 0 bridgehead atoms. The Morgan fingerprint density at radius 1 is 1.53 bits per heavy atom. The summed E-state index contributed by atoms with van der Waals surface area (Å²) in [6.45, 7) is 4.70. The summed E-state index contributed by atoms with van der Waals surface area (Å²) >= 11 is 1.89. The van der Waals surface area contributed by atoms with E-state index < -0.39 is 0 Å². The van der Waals surface area contributed by atoms with E-state index in [0.29, 0.717) is 5.56 Å². The van der Waals surface area contributed by atoms with Crippen LogP contribution in [0.25, 0.3) is 0 Å². The fraction of sp³-hybridized carbons (Fsp3) is 0.462. The molecule has 1 heterocycles. The third-order valence-corrected chi connectivity index (χ3v) is 4.26. The Labute approximate surface area is 106 Å². The Kier molecular flexibility index (Phi) is 3.62. The Morgan fingerprint density at radius 2 is 2.29 bits per heavy atom. The van der Waals surface area contributed by atoms with Crippen molar-refractivity contribution in [2.24, 2.45) is 0 Å². The molecule has 3 nitrogen and oxygen atoms in total. The first-order valence-electron chi connectivity index (χ1n) is 5.78. The number of phenols is 1. The first-order chi connectivity index (χ1) is 8.09. The van der Waals surface area contributed by atoms with E-state index in [1.165, 1.54) is 0 Å². The Morgan fingerprint density at radius 3 is 2.94 bits per heavy atom. The molecule has 1 unspecified atom stereocenters. The van der Waals surface area contributed by atoms with Gasteiger partial charge in [0.25, 0.3) is 5.91 Å². The molecule has 1 N–H and O–H groups in total. The molecule has 1 aromatic carbocycles. The van der Waals surface area contributed by atoms with E-state index in [9.17, 15) is 9.90 Å². The largest absolute Gasteiger partial charge is 0.508 e. The number of hydrogen-bond acceptors (Lipinski definition) is 3. The minimum atomic E-state index is 0.0703. The lowest BCUT2D eigenvalue weighted by atomic mass is 10.1. The van der Waals surface area contributed by atoms with E-state index in [2.05, 4.69) is 6.92 Å². The van der Waals surface area contributed by atoms with Gasteiger partial charge in [-0.15, -0.1) is 0 Å². The summed E-state index contributed by atoms with van der Waals surface area (Å²) < 4.78 is 0. The second-order valence-corrected chi connectivity index (χ2v) is 5.57. The maximum atomic E-state index is 12.3. The average Bonchev–Trinajstić information content (AvgIpc) is 2.32. The van der Waals surface area contributed by atoms with Crippen LogP contribution in [0.2, 0.25) is 0 Å². The highest BCUT2D eigenvalue weighted by Crippen LogP contribution is 2.21. The summed E-state index contributed by atoms with van der Waals surface area (Å²) in [4.78, 5) is 14.2. The van der Waals surface area contributed by atoms with Crippen molar-refractivity contribution in [3.63, 3.8) is 0 Å². The van der Waals surface area contributed by atoms with Gasteiger partial charge in [0.1, 0.15) is 5.75 Å². The molecule has 4 heteroatoms. The van der Waals surface area contributed by atoms with Crippen LogP contribution in [0.15, 0.2) is 18.2 Å². The number of aryl methyl sites for hydroxylation is 1. The SMILES string of the molecule is Cc1cc(C(=O)N2CCSCC2C)ccc1O. The molecule has 92 valence electrons. The molecule has 0 spiro atoms. The van der Waals surface area contributed by atoms with Gasteiger partial charge in [-0.3, -0.25) is 4.79 Å². The zero-order chi connectivity index (χ0) is 12.4. The van der Waals surface area contributed by atoms with Gasteiger partial charge in [0.05, 0.1) is 0 Å². The van der Waals surface area contributed by atoms with Crippen molar-refractivity contribution in [2.75, 3.05) is 18.1 Å². The van der Waals surface area contributed by atoms with Gasteiger partial charge in [-0.25, -0.2) is 0 Å². The van der Waals surface area contributed by atoms with Gasteiger partial charge in [0, 0.05) is 29.7 Å². The van der Waals surface area contributed by atoms with Gasteiger partial charge in [0.2, 0.25) is 0 Å². The number of benzene rings is 1. The maximum Gasteiger partial charge on any atom is 0.254 e. The van der Waals surface area contributed by atoms with Gasteiger partial charge in [-0.2, -0.15) is 11.8 Å².